The van der Waals surface area contributed by atoms with Gasteiger partial charge in [-0.25, -0.2) is 9.97 Å². The Morgan fingerprint density at radius 3 is 2.70 bits per heavy atom. The van der Waals surface area contributed by atoms with E-state index in [4.69, 9.17) is 11.0 Å². The summed E-state index contributed by atoms with van der Waals surface area (Å²) in [6, 6.07) is 10.6. The number of anilines is 1. The summed E-state index contributed by atoms with van der Waals surface area (Å²) in [4.78, 5) is 8.83. The lowest BCUT2D eigenvalue weighted by atomic mass is 9.83. The number of hydrogen-bond acceptors (Lipinski definition) is 4. The molecule has 4 heteroatoms. The molecule has 0 bridgehead atoms. The zero-order valence-corrected chi connectivity index (χ0v) is 11.4. The third kappa shape index (κ3) is 2.12. The molecule has 1 aromatic heterocycles. The predicted molar refractivity (Wildman–Crippen MR) is 77.1 cm³/mol. The minimum Gasteiger partial charge on any atom is -0.382 e. The first-order valence-corrected chi connectivity index (χ1v) is 6.80. The Morgan fingerprint density at radius 2 is 2.00 bits per heavy atom. The van der Waals surface area contributed by atoms with Crippen LogP contribution < -0.4 is 5.73 Å². The first-order valence-electron chi connectivity index (χ1n) is 6.80. The van der Waals surface area contributed by atoms with Crippen molar-refractivity contribution in [2.45, 2.75) is 32.1 Å². The van der Waals surface area contributed by atoms with E-state index in [0.717, 1.165) is 25.1 Å². The maximum Gasteiger partial charge on any atom is 0.145 e. The van der Waals surface area contributed by atoms with Gasteiger partial charge in [-0.1, -0.05) is 24.3 Å². The van der Waals surface area contributed by atoms with Gasteiger partial charge in [0.05, 0.1) is 5.69 Å². The van der Waals surface area contributed by atoms with Gasteiger partial charge in [-0.2, -0.15) is 5.26 Å². The highest BCUT2D eigenvalue weighted by Gasteiger charge is 2.23. The highest BCUT2D eigenvalue weighted by atomic mass is 15.0. The van der Waals surface area contributed by atoms with E-state index < -0.39 is 0 Å². The number of nitriles is 1. The van der Waals surface area contributed by atoms with E-state index in [1.807, 2.05) is 6.92 Å². The van der Waals surface area contributed by atoms with E-state index in [2.05, 4.69) is 40.3 Å². The second-order valence-corrected chi connectivity index (χ2v) is 5.25. The summed E-state index contributed by atoms with van der Waals surface area (Å²) in [7, 11) is 0. The molecule has 1 aromatic carbocycles. The molecule has 20 heavy (non-hydrogen) atoms. The van der Waals surface area contributed by atoms with Gasteiger partial charge < -0.3 is 5.73 Å². The predicted octanol–water partition coefficient (Wildman–Crippen LogP) is 2.51. The summed E-state index contributed by atoms with van der Waals surface area (Å²) in [6.45, 7) is 1.82. The quantitative estimate of drug-likeness (QED) is 0.858. The maximum absolute atomic E-state index is 9.02. The van der Waals surface area contributed by atoms with E-state index in [0.29, 0.717) is 23.0 Å². The van der Waals surface area contributed by atoms with Gasteiger partial charge in [0.15, 0.2) is 0 Å². The van der Waals surface area contributed by atoms with E-state index in [-0.39, 0.29) is 0 Å². The van der Waals surface area contributed by atoms with Gasteiger partial charge in [0, 0.05) is 5.92 Å². The highest BCUT2D eigenvalue weighted by molar-refractivity contribution is 5.50. The molecule has 0 aliphatic heterocycles. The van der Waals surface area contributed by atoms with Gasteiger partial charge in [0.25, 0.3) is 0 Å². The summed E-state index contributed by atoms with van der Waals surface area (Å²) in [5.74, 6) is 1.36. The molecular formula is C16H16N4. The molecule has 4 nitrogen and oxygen atoms in total. The standard InChI is InChI=1S/C16H16N4/c1-10-14(9-17)15(18)20-16(19-10)13-7-6-11-4-2-3-5-12(11)8-13/h2-5,13H,6-8H2,1H3,(H2,18,19,20). The van der Waals surface area contributed by atoms with Gasteiger partial charge in [-0.05, 0) is 37.3 Å². The van der Waals surface area contributed by atoms with Crippen molar-refractivity contribution < 1.29 is 0 Å². The Hall–Kier alpha value is -2.41. The van der Waals surface area contributed by atoms with Crippen molar-refractivity contribution >= 4 is 5.82 Å². The normalized spacial score (nSPS) is 17.3. The molecule has 0 spiro atoms. The van der Waals surface area contributed by atoms with Crippen LogP contribution in [0.15, 0.2) is 24.3 Å². The second kappa shape index (κ2) is 4.93. The van der Waals surface area contributed by atoms with Crippen LogP contribution in [0.4, 0.5) is 5.82 Å². The van der Waals surface area contributed by atoms with Crippen LogP contribution >= 0.6 is 0 Å². The number of hydrogen-bond donors (Lipinski definition) is 1. The van der Waals surface area contributed by atoms with Gasteiger partial charge in [-0.3, -0.25) is 0 Å². The van der Waals surface area contributed by atoms with Crippen molar-refractivity contribution in [1.82, 2.24) is 9.97 Å². The molecule has 0 radical (unpaired) electrons. The van der Waals surface area contributed by atoms with Crippen LogP contribution in [0.3, 0.4) is 0 Å². The number of benzene rings is 1. The van der Waals surface area contributed by atoms with Gasteiger partial charge in [0.1, 0.15) is 23.3 Å². The lowest BCUT2D eigenvalue weighted by molar-refractivity contribution is 0.554. The first kappa shape index (κ1) is 12.6. The number of nitrogen functional groups attached to an aromatic ring is 1. The molecule has 0 saturated heterocycles. The van der Waals surface area contributed by atoms with Crippen LogP contribution in [0.2, 0.25) is 0 Å². The monoisotopic (exact) mass is 264 g/mol. The lowest BCUT2D eigenvalue weighted by Crippen LogP contribution is -2.17. The maximum atomic E-state index is 9.02. The first-order chi connectivity index (χ1) is 9.69. The second-order valence-electron chi connectivity index (χ2n) is 5.25. The summed E-state index contributed by atoms with van der Waals surface area (Å²) in [6.07, 6.45) is 3.02. The fourth-order valence-corrected chi connectivity index (χ4v) is 2.86. The zero-order chi connectivity index (χ0) is 14.1. The largest absolute Gasteiger partial charge is 0.382 e. The van der Waals surface area contributed by atoms with Crippen LogP contribution in [-0.4, -0.2) is 9.97 Å². The molecule has 0 fully saturated rings. The molecule has 100 valence electrons. The third-order valence-corrected chi connectivity index (χ3v) is 3.96. The Balaban J connectivity index is 1.94. The summed E-state index contributed by atoms with van der Waals surface area (Å²) < 4.78 is 0. The van der Waals surface area contributed by atoms with Crippen molar-refractivity contribution in [2.75, 3.05) is 5.73 Å². The Labute approximate surface area is 118 Å². The van der Waals surface area contributed by atoms with Gasteiger partial charge in [-0.15, -0.1) is 0 Å². The number of nitrogens with zero attached hydrogens (tertiary/aromatic N) is 3. The van der Waals surface area contributed by atoms with E-state index in [1.165, 1.54) is 11.1 Å². The number of nitrogens with two attached hydrogens (primary N) is 1. The smallest absolute Gasteiger partial charge is 0.145 e. The van der Waals surface area contributed by atoms with Crippen molar-refractivity contribution in [1.29, 1.82) is 5.26 Å². The van der Waals surface area contributed by atoms with Crippen LogP contribution in [0, 0.1) is 18.3 Å². The number of fused-ring (bicyclic) bond motifs is 1. The molecule has 1 aliphatic rings. The van der Waals surface area contributed by atoms with E-state index in [1.54, 1.807) is 0 Å². The topological polar surface area (TPSA) is 75.6 Å². The van der Waals surface area contributed by atoms with Crippen LogP contribution in [0.25, 0.3) is 0 Å². The summed E-state index contributed by atoms with van der Waals surface area (Å²) >= 11 is 0. The zero-order valence-electron chi connectivity index (χ0n) is 11.4. The third-order valence-electron chi connectivity index (χ3n) is 3.96. The van der Waals surface area contributed by atoms with E-state index >= 15 is 0 Å². The average Bonchev–Trinajstić information content (AvgIpc) is 2.46. The minimum atomic E-state index is 0.290. The van der Waals surface area contributed by atoms with Crippen molar-refractivity contribution in [3.8, 4) is 6.07 Å². The number of aryl methyl sites for hydroxylation is 2. The van der Waals surface area contributed by atoms with Crippen molar-refractivity contribution in [3.63, 3.8) is 0 Å². The molecule has 1 atom stereocenters. The SMILES string of the molecule is Cc1nc(C2CCc3ccccc3C2)nc(N)c1C#N. The molecule has 2 aromatic rings. The summed E-state index contributed by atoms with van der Waals surface area (Å²) in [5.41, 5.74) is 9.72. The Bertz CT molecular complexity index is 677. The van der Waals surface area contributed by atoms with Crippen LogP contribution in [-0.2, 0) is 12.8 Å². The average molecular weight is 264 g/mol. The lowest BCUT2D eigenvalue weighted by Gasteiger charge is -2.23. The molecule has 3 rings (SSSR count). The molecule has 2 N–H and O–H groups in total. The minimum absolute atomic E-state index is 0.290. The van der Waals surface area contributed by atoms with Crippen molar-refractivity contribution in [2.24, 2.45) is 0 Å². The van der Waals surface area contributed by atoms with E-state index in [9.17, 15) is 0 Å². The molecule has 1 unspecified atom stereocenters. The fourth-order valence-electron chi connectivity index (χ4n) is 2.86. The molecule has 0 saturated carbocycles. The van der Waals surface area contributed by atoms with Gasteiger partial charge in [0.2, 0.25) is 0 Å². The molecule has 0 amide bonds. The van der Waals surface area contributed by atoms with Crippen molar-refractivity contribution in [3.05, 3.63) is 52.5 Å². The van der Waals surface area contributed by atoms with Gasteiger partial charge >= 0.3 is 0 Å². The van der Waals surface area contributed by atoms with Crippen LogP contribution in [0.1, 0.15) is 40.5 Å². The Kier molecular flexibility index (Phi) is 3.11. The van der Waals surface area contributed by atoms with Crippen LogP contribution in [0.5, 0.6) is 0 Å². The number of aromatic nitrogens is 2. The fraction of sp³-hybridized carbons (Fsp3) is 0.312. The Morgan fingerprint density at radius 1 is 1.25 bits per heavy atom. The summed E-state index contributed by atoms with van der Waals surface area (Å²) in [5, 5.41) is 9.02. The molecule has 1 aliphatic carbocycles. The number of rotatable bonds is 1. The highest BCUT2D eigenvalue weighted by Crippen LogP contribution is 2.31. The molecular weight excluding hydrogens is 248 g/mol. The molecule has 1 heterocycles.